The SMILES string of the molecule is CCCCCCCCCCCCCCCC(C)n1cc[n+](CCCCCCCCC)c1. The van der Waals surface area contributed by atoms with Crippen LogP contribution in [0.25, 0.3) is 0 Å². The molecule has 0 aliphatic carbocycles. The second-order valence-electron chi connectivity index (χ2n) is 10.1. The van der Waals surface area contributed by atoms with Crippen LogP contribution in [-0.2, 0) is 6.54 Å². The van der Waals surface area contributed by atoms with Gasteiger partial charge >= 0.3 is 0 Å². The standard InChI is InChI=1S/C29H57N2/c1-4-6-8-10-12-13-14-15-16-17-18-20-22-24-29(3)31-27-26-30(28-31)25-23-21-19-11-9-7-5-2/h26-29H,4-25H2,1-3H3/q+1. The number of imidazole rings is 1. The van der Waals surface area contributed by atoms with E-state index in [4.69, 9.17) is 0 Å². The molecule has 0 amide bonds. The maximum atomic E-state index is 2.43. The monoisotopic (exact) mass is 433 g/mol. The van der Waals surface area contributed by atoms with E-state index in [1.165, 1.54) is 141 Å². The molecule has 31 heavy (non-hydrogen) atoms. The van der Waals surface area contributed by atoms with E-state index in [9.17, 15) is 0 Å². The fourth-order valence-corrected chi connectivity index (χ4v) is 4.66. The van der Waals surface area contributed by atoms with Crippen molar-refractivity contribution in [3.8, 4) is 0 Å². The summed E-state index contributed by atoms with van der Waals surface area (Å²) in [6.45, 7) is 8.17. The highest BCUT2D eigenvalue weighted by molar-refractivity contribution is 4.72. The summed E-state index contributed by atoms with van der Waals surface area (Å²) < 4.78 is 4.83. The van der Waals surface area contributed by atoms with E-state index in [1.54, 1.807) is 0 Å². The van der Waals surface area contributed by atoms with Gasteiger partial charge in [-0.25, -0.2) is 9.13 Å². The quantitative estimate of drug-likeness (QED) is 0.120. The Kier molecular flexibility index (Phi) is 19.2. The van der Waals surface area contributed by atoms with Crippen molar-refractivity contribution in [2.45, 2.75) is 168 Å². The summed E-state index contributed by atoms with van der Waals surface area (Å²) in [5.41, 5.74) is 0. The lowest BCUT2D eigenvalue weighted by molar-refractivity contribution is -0.697. The number of hydrogen-bond acceptors (Lipinski definition) is 0. The summed E-state index contributed by atoms with van der Waals surface area (Å²) in [7, 11) is 0. The number of unbranched alkanes of at least 4 members (excludes halogenated alkanes) is 18. The molecule has 1 aromatic rings. The Morgan fingerprint density at radius 2 is 1.00 bits per heavy atom. The highest BCUT2D eigenvalue weighted by atomic mass is 15.1. The Hall–Kier alpha value is -0.790. The molecule has 0 aliphatic rings. The van der Waals surface area contributed by atoms with E-state index in [2.05, 4.69) is 48.6 Å². The van der Waals surface area contributed by atoms with Crippen LogP contribution in [0.15, 0.2) is 18.7 Å². The number of aryl methyl sites for hydroxylation is 1. The van der Waals surface area contributed by atoms with Crippen LogP contribution >= 0.6 is 0 Å². The zero-order valence-electron chi connectivity index (χ0n) is 21.8. The van der Waals surface area contributed by atoms with Gasteiger partial charge in [-0.3, -0.25) is 0 Å². The normalized spacial score (nSPS) is 12.5. The molecule has 1 rings (SSSR count). The van der Waals surface area contributed by atoms with Crippen molar-refractivity contribution < 1.29 is 4.57 Å². The summed E-state index contributed by atoms with van der Waals surface area (Å²) in [4.78, 5) is 0. The van der Waals surface area contributed by atoms with Crippen LogP contribution in [0.5, 0.6) is 0 Å². The van der Waals surface area contributed by atoms with Gasteiger partial charge in [0.1, 0.15) is 12.4 Å². The topological polar surface area (TPSA) is 8.81 Å². The van der Waals surface area contributed by atoms with Gasteiger partial charge in [0.2, 0.25) is 6.33 Å². The minimum Gasteiger partial charge on any atom is -0.237 e. The highest BCUT2D eigenvalue weighted by Gasteiger charge is 2.11. The number of nitrogens with zero attached hydrogens (tertiary/aromatic N) is 2. The van der Waals surface area contributed by atoms with Crippen LogP contribution in [0.4, 0.5) is 0 Å². The number of hydrogen-bond donors (Lipinski definition) is 0. The molecule has 1 heterocycles. The first-order valence-electron chi connectivity index (χ1n) is 14.3. The molecule has 182 valence electrons. The second kappa shape index (κ2) is 21.1. The minimum atomic E-state index is 0.642. The molecule has 1 aromatic heterocycles. The van der Waals surface area contributed by atoms with E-state index < -0.39 is 0 Å². The van der Waals surface area contributed by atoms with E-state index >= 15 is 0 Å². The first kappa shape index (κ1) is 28.2. The van der Waals surface area contributed by atoms with Crippen molar-refractivity contribution in [1.29, 1.82) is 0 Å². The molecule has 0 saturated heterocycles. The third-order valence-corrected chi connectivity index (χ3v) is 6.97. The predicted octanol–water partition coefficient (Wildman–Crippen LogP) is 9.57. The Labute approximate surface area is 196 Å². The fraction of sp³-hybridized carbons (Fsp3) is 0.897. The van der Waals surface area contributed by atoms with Crippen LogP contribution in [0.3, 0.4) is 0 Å². The Balaban J connectivity index is 1.93. The van der Waals surface area contributed by atoms with Crippen molar-refractivity contribution in [2.24, 2.45) is 0 Å². The van der Waals surface area contributed by atoms with E-state index in [-0.39, 0.29) is 0 Å². The predicted molar refractivity (Wildman–Crippen MR) is 138 cm³/mol. The molecule has 0 spiro atoms. The third kappa shape index (κ3) is 16.5. The van der Waals surface area contributed by atoms with Crippen LogP contribution in [-0.4, -0.2) is 4.57 Å². The average molecular weight is 434 g/mol. The number of aromatic nitrogens is 2. The summed E-state index contributed by atoms with van der Waals surface area (Å²) in [6.07, 6.45) is 36.7. The summed E-state index contributed by atoms with van der Waals surface area (Å²) in [5.74, 6) is 0. The molecule has 0 N–H and O–H groups in total. The smallest absolute Gasteiger partial charge is 0.237 e. The van der Waals surface area contributed by atoms with E-state index in [1.807, 2.05) is 0 Å². The van der Waals surface area contributed by atoms with Gasteiger partial charge in [-0.1, -0.05) is 123 Å². The molecular formula is C29H57N2+. The summed E-state index contributed by atoms with van der Waals surface area (Å²) in [6, 6.07) is 0.642. The summed E-state index contributed by atoms with van der Waals surface area (Å²) in [5, 5.41) is 0. The largest absolute Gasteiger partial charge is 0.243 e. The fourth-order valence-electron chi connectivity index (χ4n) is 4.66. The molecule has 0 radical (unpaired) electrons. The van der Waals surface area contributed by atoms with Crippen LogP contribution in [0, 0.1) is 0 Å². The van der Waals surface area contributed by atoms with Crippen molar-refractivity contribution in [2.75, 3.05) is 0 Å². The first-order valence-corrected chi connectivity index (χ1v) is 14.3. The lowest BCUT2D eigenvalue weighted by atomic mass is 10.0. The first-order chi connectivity index (χ1) is 15.3. The molecule has 1 unspecified atom stereocenters. The van der Waals surface area contributed by atoms with E-state index in [0.717, 1.165) is 0 Å². The molecule has 0 bridgehead atoms. The number of rotatable bonds is 23. The average Bonchev–Trinajstić information content (AvgIpc) is 3.25. The lowest BCUT2D eigenvalue weighted by Gasteiger charge is -2.08. The van der Waals surface area contributed by atoms with Crippen LogP contribution in [0.2, 0.25) is 0 Å². The third-order valence-electron chi connectivity index (χ3n) is 6.97. The second-order valence-corrected chi connectivity index (χ2v) is 10.1. The summed E-state index contributed by atoms with van der Waals surface area (Å²) >= 11 is 0. The van der Waals surface area contributed by atoms with Crippen molar-refractivity contribution >= 4 is 0 Å². The Morgan fingerprint density at radius 3 is 1.48 bits per heavy atom. The molecule has 0 aromatic carbocycles. The zero-order valence-corrected chi connectivity index (χ0v) is 21.8. The van der Waals surface area contributed by atoms with Gasteiger partial charge in [0.05, 0.1) is 12.6 Å². The van der Waals surface area contributed by atoms with Gasteiger partial charge < -0.3 is 0 Å². The van der Waals surface area contributed by atoms with Gasteiger partial charge in [-0.05, 0) is 32.6 Å². The maximum Gasteiger partial charge on any atom is 0.243 e. The van der Waals surface area contributed by atoms with Crippen LogP contribution < -0.4 is 4.57 Å². The molecular weight excluding hydrogens is 376 g/mol. The molecule has 0 aliphatic heterocycles. The van der Waals surface area contributed by atoms with Gasteiger partial charge in [0.25, 0.3) is 0 Å². The highest BCUT2D eigenvalue weighted by Crippen LogP contribution is 2.17. The molecule has 0 fully saturated rings. The Morgan fingerprint density at radius 1 is 0.581 bits per heavy atom. The van der Waals surface area contributed by atoms with Crippen molar-refractivity contribution in [3.63, 3.8) is 0 Å². The molecule has 0 saturated carbocycles. The van der Waals surface area contributed by atoms with Crippen molar-refractivity contribution in [1.82, 2.24) is 4.57 Å². The zero-order chi connectivity index (χ0) is 22.4. The van der Waals surface area contributed by atoms with Crippen LogP contribution in [0.1, 0.15) is 162 Å². The molecule has 1 atom stereocenters. The Bertz CT molecular complexity index is 479. The minimum absolute atomic E-state index is 0.642. The molecule has 2 heteroatoms. The lowest BCUT2D eigenvalue weighted by Crippen LogP contribution is -2.31. The maximum absolute atomic E-state index is 2.43. The van der Waals surface area contributed by atoms with Crippen molar-refractivity contribution in [3.05, 3.63) is 18.7 Å². The molecule has 2 nitrogen and oxygen atoms in total. The van der Waals surface area contributed by atoms with E-state index in [0.29, 0.717) is 6.04 Å². The van der Waals surface area contributed by atoms with Gasteiger partial charge in [-0.2, -0.15) is 0 Å². The van der Waals surface area contributed by atoms with Gasteiger partial charge in [0.15, 0.2) is 0 Å². The van der Waals surface area contributed by atoms with Gasteiger partial charge in [0, 0.05) is 0 Å². The van der Waals surface area contributed by atoms with Gasteiger partial charge in [-0.15, -0.1) is 0 Å².